The van der Waals surface area contributed by atoms with E-state index < -0.39 is 17.8 Å². The van der Waals surface area contributed by atoms with Gasteiger partial charge in [-0.05, 0) is 72.4 Å². The Morgan fingerprint density at radius 1 is 1.19 bits per heavy atom. The van der Waals surface area contributed by atoms with E-state index in [0.29, 0.717) is 23.8 Å². The van der Waals surface area contributed by atoms with E-state index in [0.717, 1.165) is 40.2 Å². The molecule has 1 aliphatic rings. The van der Waals surface area contributed by atoms with E-state index in [4.69, 9.17) is 4.74 Å². The first-order valence-electron chi connectivity index (χ1n) is 10.4. The minimum absolute atomic E-state index is 0.210. The lowest BCUT2D eigenvalue weighted by Gasteiger charge is -2.21. The van der Waals surface area contributed by atoms with Crippen LogP contribution in [0.3, 0.4) is 0 Å². The number of halogens is 4. The molecule has 2 aromatic carbocycles. The van der Waals surface area contributed by atoms with Gasteiger partial charge < -0.3 is 15.4 Å². The number of aromatic nitrogens is 2. The highest BCUT2D eigenvalue weighted by Gasteiger charge is 2.33. The van der Waals surface area contributed by atoms with Crippen LogP contribution in [0.15, 0.2) is 34.8 Å². The lowest BCUT2D eigenvalue weighted by atomic mass is 9.97. The quantitative estimate of drug-likeness (QED) is 0.417. The van der Waals surface area contributed by atoms with Gasteiger partial charge in [-0.2, -0.15) is 13.2 Å². The number of alkyl halides is 3. The molecule has 1 aliphatic heterocycles. The topological polar surface area (TPSA) is 59.1 Å². The van der Waals surface area contributed by atoms with E-state index in [9.17, 15) is 13.2 Å². The van der Waals surface area contributed by atoms with Crippen LogP contribution >= 0.6 is 15.9 Å². The summed E-state index contributed by atoms with van der Waals surface area (Å²) in [5, 5.41) is 7.59. The van der Waals surface area contributed by atoms with Crippen molar-refractivity contribution in [3.63, 3.8) is 0 Å². The first-order valence-corrected chi connectivity index (χ1v) is 11.2. The SMILES string of the molecule is Cc1nc(N[C@H](C)c2cccc(C(F)(F)F)c2C)c2cc(N[C@H]3CCOC3)c(Br)cc2n1. The molecule has 3 aromatic rings. The zero-order chi connectivity index (χ0) is 23.0. The van der Waals surface area contributed by atoms with Crippen molar-refractivity contribution in [1.82, 2.24) is 9.97 Å². The zero-order valence-corrected chi connectivity index (χ0v) is 19.6. The van der Waals surface area contributed by atoms with Crippen molar-refractivity contribution in [3.05, 3.63) is 57.3 Å². The Hall–Kier alpha value is -2.39. The fourth-order valence-corrected chi connectivity index (χ4v) is 4.51. The summed E-state index contributed by atoms with van der Waals surface area (Å²) in [4.78, 5) is 9.09. The number of aryl methyl sites for hydroxylation is 1. The van der Waals surface area contributed by atoms with Crippen molar-refractivity contribution in [2.24, 2.45) is 0 Å². The summed E-state index contributed by atoms with van der Waals surface area (Å²) in [7, 11) is 0. The molecular formula is C23H24BrF3N4O. The third-order valence-electron chi connectivity index (χ3n) is 5.69. The second-order valence-electron chi connectivity index (χ2n) is 8.06. The monoisotopic (exact) mass is 508 g/mol. The van der Waals surface area contributed by atoms with Crippen molar-refractivity contribution < 1.29 is 17.9 Å². The van der Waals surface area contributed by atoms with Crippen LogP contribution in [0.1, 0.15) is 41.9 Å². The molecule has 5 nitrogen and oxygen atoms in total. The molecule has 0 saturated carbocycles. The number of rotatable bonds is 5. The van der Waals surface area contributed by atoms with Crippen LogP contribution in [0, 0.1) is 13.8 Å². The summed E-state index contributed by atoms with van der Waals surface area (Å²) < 4.78 is 46.4. The van der Waals surface area contributed by atoms with Gasteiger partial charge in [-0.15, -0.1) is 0 Å². The maximum absolute atomic E-state index is 13.4. The van der Waals surface area contributed by atoms with E-state index in [1.54, 1.807) is 13.0 Å². The number of nitrogens with zero attached hydrogens (tertiary/aromatic N) is 2. The van der Waals surface area contributed by atoms with Gasteiger partial charge in [0, 0.05) is 22.2 Å². The molecule has 2 atom stereocenters. The van der Waals surface area contributed by atoms with Crippen LogP contribution in [0.4, 0.5) is 24.7 Å². The molecule has 2 heterocycles. The van der Waals surface area contributed by atoms with Gasteiger partial charge in [-0.3, -0.25) is 0 Å². The van der Waals surface area contributed by atoms with Crippen molar-refractivity contribution in [2.45, 2.75) is 45.5 Å². The van der Waals surface area contributed by atoms with Crippen molar-refractivity contribution in [3.8, 4) is 0 Å². The summed E-state index contributed by atoms with van der Waals surface area (Å²) in [5.41, 5.74) is 1.80. The fraction of sp³-hybridized carbons (Fsp3) is 0.391. The van der Waals surface area contributed by atoms with Crippen molar-refractivity contribution in [2.75, 3.05) is 23.8 Å². The average molecular weight is 509 g/mol. The second-order valence-corrected chi connectivity index (χ2v) is 8.91. The standard InChI is InChI=1S/C23H24BrF3N4O/c1-12-16(5-4-6-18(12)23(25,26)27)13(2)28-22-17-9-21(31-15-7-8-32-11-15)19(24)10-20(17)29-14(3)30-22/h4-6,9-10,13,15,31H,7-8,11H2,1-3H3,(H,28,29,30)/t13-,15+/m1/s1. The zero-order valence-electron chi connectivity index (χ0n) is 18.0. The summed E-state index contributed by atoms with van der Waals surface area (Å²) in [6, 6.07) is 7.98. The highest BCUT2D eigenvalue weighted by molar-refractivity contribution is 9.10. The number of hydrogen-bond donors (Lipinski definition) is 2. The minimum atomic E-state index is -4.39. The number of anilines is 2. The molecule has 0 spiro atoms. The second kappa shape index (κ2) is 8.86. The van der Waals surface area contributed by atoms with Gasteiger partial charge in [-0.1, -0.05) is 12.1 Å². The Morgan fingerprint density at radius 2 is 1.97 bits per heavy atom. The molecule has 1 aromatic heterocycles. The van der Waals surface area contributed by atoms with Gasteiger partial charge in [0.1, 0.15) is 11.6 Å². The number of fused-ring (bicyclic) bond motifs is 1. The molecule has 0 bridgehead atoms. The number of nitrogens with one attached hydrogen (secondary N) is 2. The van der Waals surface area contributed by atoms with Crippen molar-refractivity contribution >= 4 is 38.3 Å². The van der Waals surface area contributed by atoms with E-state index in [1.807, 2.05) is 19.1 Å². The van der Waals surface area contributed by atoms with Crippen LogP contribution < -0.4 is 10.6 Å². The number of hydrogen-bond acceptors (Lipinski definition) is 5. The van der Waals surface area contributed by atoms with Crippen LogP contribution in [-0.4, -0.2) is 29.2 Å². The molecule has 1 fully saturated rings. The van der Waals surface area contributed by atoms with Gasteiger partial charge in [0.15, 0.2) is 0 Å². The molecular weight excluding hydrogens is 485 g/mol. The molecule has 0 unspecified atom stereocenters. The Balaban J connectivity index is 1.71. The lowest BCUT2D eigenvalue weighted by molar-refractivity contribution is -0.138. The maximum Gasteiger partial charge on any atom is 0.416 e. The van der Waals surface area contributed by atoms with Crippen molar-refractivity contribution in [1.29, 1.82) is 0 Å². The summed E-state index contributed by atoms with van der Waals surface area (Å²) in [6.45, 7) is 6.50. The van der Waals surface area contributed by atoms with Crippen LogP contribution in [0.25, 0.3) is 10.9 Å². The molecule has 170 valence electrons. The predicted molar refractivity (Wildman–Crippen MR) is 123 cm³/mol. The Kier molecular flexibility index (Phi) is 6.31. The summed E-state index contributed by atoms with van der Waals surface area (Å²) in [6.07, 6.45) is -3.47. The molecule has 4 rings (SSSR count). The van der Waals surface area contributed by atoms with Gasteiger partial charge in [0.25, 0.3) is 0 Å². The van der Waals surface area contributed by atoms with Gasteiger partial charge in [-0.25, -0.2) is 9.97 Å². The largest absolute Gasteiger partial charge is 0.416 e. The predicted octanol–water partition coefficient (Wildman–Crippen LogP) is 6.40. The third-order valence-corrected chi connectivity index (χ3v) is 6.34. The molecule has 2 N–H and O–H groups in total. The highest BCUT2D eigenvalue weighted by Crippen LogP contribution is 2.36. The van der Waals surface area contributed by atoms with E-state index in [1.165, 1.54) is 13.0 Å². The number of benzene rings is 2. The lowest BCUT2D eigenvalue weighted by Crippen LogP contribution is -2.19. The third kappa shape index (κ3) is 4.68. The van der Waals surface area contributed by atoms with Gasteiger partial charge in [0.2, 0.25) is 0 Å². The van der Waals surface area contributed by atoms with Crippen LogP contribution in [0.2, 0.25) is 0 Å². The molecule has 0 amide bonds. The highest BCUT2D eigenvalue weighted by atomic mass is 79.9. The molecule has 9 heteroatoms. The first-order chi connectivity index (χ1) is 15.1. The molecule has 1 saturated heterocycles. The fourth-order valence-electron chi connectivity index (χ4n) is 4.07. The first kappa shape index (κ1) is 22.8. The molecule has 0 radical (unpaired) electrons. The molecule has 0 aliphatic carbocycles. The Bertz CT molecular complexity index is 1150. The summed E-state index contributed by atoms with van der Waals surface area (Å²) >= 11 is 3.61. The Morgan fingerprint density at radius 3 is 2.66 bits per heavy atom. The van der Waals surface area contributed by atoms with E-state index in [2.05, 4.69) is 36.5 Å². The van der Waals surface area contributed by atoms with E-state index in [-0.39, 0.29) is 11.6 Å². The minimum Gasteiger partial charge on any atom is -0.379 e. The van der Waals surface area contributed by atoms with Crippen LogP contribution in [-0.2, 0) is 10.9 Å². The van der Waals surface area contributed by atoms with Crippen LogP contribution in [0.5, 0.6) is 0 Å². The number of ether oxygens (including phenoxy) is 1. The van der Waals surface area contributed by atoms with E-state index >= 15 is 0 Å². The van der Waals surface area contributed by atoms with Gasteiger partial charge >= 0.3 is 6.18 Å². The average Bonchev–Trinajstić information content (AvgIpc) is 3.21. The molecule has 32 heavy (non-hydrogen) atoms. The normalized spacial score (nSPS) is 17.5. The smallest absolute Gasteiger partial charge is 0.379 e. The van der Waals surface area contributed by atoms with Gasteiger partial charge in [0.05, 0.1) is 29.8 Å². The maximum atomic E-state index is 13.4. The Labute approximate surface area is 192 Å². The summed E-state index contributed by atoms with van der Waals surface area (Å²) in [5.74, 6) is 1.15.